The maximum atomic E-state index is 13.2. The Bertz CT molecular complexity index is 870. The third-order valence-corrected chi connectivity index (χ3v) is 3.45. The zero-order valence-electron chi connectivity index (χ0n) is 14.9. The van der Waals surface area contributed by atoms with E-state index in [1.807, 2.05) is 0 Å². The van der Waals surface area contributed by atoms with Crippen molar-refractivity contribution in [2.24, 2.45) is 0 Å². The molecule has 0 fully saturated rings. The van der Waals surface area contributed by atoms with Crippen molar-refractivity contribution in [3.63, 3.8) is 0 Å². The Hall–Kier alpha value is -3.37. The zero-order valence-corrected chi connectivity index (χ0v) is 14.9. The second kappa shape index (κ2) is 9.22. The molecule has 0 atom stereocenters. The lowest BCUT2D eigenvalue weighted by Gasteiger charge is -2.16. The first-order valence-electron chi connectivity index (χ1n) is 8.12. The molecule has 2 rings (SSSR count). The summed E-state index contributed by atoms with van der Waals surface area (Å²) in [6.45, 7) is -2.31. The van der Waals surface area contributed by atoms with Crippen molar-refractivity contribution in [2.75, 3.05) is 22.5 Å². The maximum Gasteiger partial charge on any atom is 0.418 e. The quantitative estimate of drug-likeness (QED) is 0.587. The molecule has 11 heteroatoms. The predicted molar refractivity (Wildman–Crippen MR) is 95.9 cm³/mol. The number of carbonyl (C=O) groups is 2. The number of alkyl halides is 5. The van der Waals surface area contributed by atoms with Crippen molar-refractivity contribution in [2.45, 2.75) is 19.7 Å². The van der Waals surface area contributed by atoms with E-state index in [4.69, 9.17) is 0 Å². The molecule has 0 saturated carbocycles. The summed E-state index contributed by atoms with van der Waals surface area (Å²) in [6.07, 6.45) is -4.71. The van der Waals surface area contributed by atoms with Crippen LogP contribution >= 0.6 is 0 Å². The summed E-state index contributed by atoms with van der Waals surface area (Å²) >= 11 is 0. The van der Waals surface area contributed by atoms with Gasteiger partial charge in [-0.25, -0.2) is 0 Å². The smallest absolute Gasteiger partial charge is 0.418 e. The fourth-order valence-corrected chi connectivity index (χ4v) is 2.31. The molecular formula is C18H16F5N3O3. The Morgan fingerprint density at radius 2 is 1.62 bits per heavy atom. The van der Waals surface area contributed by atoms with E-state index in [1.165, 1.54) is 30.3 Å². The molecule has 29 heavy (non-hydrogen) atoms. The SMILES string of the molecule is CC(=O)Nc1ccc(NCC(=O)Nc2ccc(OC(F)F)cc2)c(C(F)(F)F)c1. The van der Waals surface area contributed by atoms with Crippen LogP contribution in [0, 0.1) is 0 Å². The summed E-state index contributed by atoms with van der Waals surface area (Å²) in [5.74, 6) is -1.29. The van der Waals surface area contributed by atoms with Crippen molar-refractivity contribution in [3.05, 3.63) is 48.0 Å². The molecule has 6 nitrogen and oxygen atoms in total. The molecule has 2 aromatic rings. The van der Waals surface area contributed by atoms with Gasteiger partial charge in [-0.2, -0.15) is 22.0 Å². The third kappa shape index (κ3) is 6.94. The molecule has 0 radical (unpaired) electrons. The molecule has 0 bridgehead atoms. The van der Waals surface area contributed by atoms with Crippen LogP contribution in [0.2, 0.25) is 0 Å². The lowest BCUT2D eigenvalue weighted by molar-refractivity contribution is -0.137. The Morgan fingerprint density at radius 3 is 2.17 bits per heavy atom. The van der Waals surface area contributed by atoms with E-state index < -0.39 is 36.7 Å². The first-order valence-corrected chi connectivity index (χ1v) is 8.12. The molecule has 0 heterocycles. The number of ether oxygens (including phenoxy) is 1. The second-order valence-electron chi connectivity index (χ2n) is 5.74. The molecule has 0 unspecified atom stereocenters. The monoisotopic (exact) mass is 417 g/mol. The lowest BCUT2D eigenvalue weighted by atomic mass is 10.1. The van der Waals surface area contributed by atoms with Gasteiger partial charge in [-0.05, 0) is 42.5 Å². The van der Waals surface area contributed by atoms with Crippen molar-refractivity contribution >= 4 is 28.9 Å². The lowest BCUT2D eigenvalue weighted by Crippen LogP contribution is -2.23. The summed E-state index contributed by atoms with van der Waals surface area (Å²) < 4.78 is 68.1. The van der Waals surface area contributed by atoms with Crippen LogP contribution in [0.1, 0.15) is 12.5 Å². The van der Waals surface area contributed by atoms with Crippen LogP contribution in [-0.4, -0.2) is 25.0 Å². The van der Waals surface area contributed by atoms with Gasteiger partial charge in [0, 0.05) is 24.0 Å². The fraction of sp³-hybridized carbons (Fsp3) is 0.222. The van der Waals surface area contributed by atoms with Gasteiger partial charge in [-0.15, -0.1) is 0 Å². The van der Waals surface area contributed by atoms with Crippen LogP contribution in [-0.2, 0) is 15.8 Å². The summed E-state index contributed by atoms with van der Waals surface area (Å²) in [4.78, 5) is 23.0. The summed E-state index contributed by atoms with van der Waals surface area (Å²) in [5.41, 5.74) is -1.19. The number of amides is 2. The van der Waals surface area contributed by atoms with Gasteiger partial charge in [-0.1, -0.05) is 0 Å². The van der Waals surface area contributed by atoms with Gasteiger partial charge in [0.2, 0.25) is 11.8 Å². The normalized spacial score (nSPS) is 11.1. The number of hydrogen-bond donors (Lipinski definition) is 3. The average molecular weight is 417 g/mol. The van der Waals surface area contributed by atoms with Gasteiger partial charge in [0.15, 0.2) is 0 Å². The Balaban J connectivity index is 2.02. The molecule has 2 aromatic carbocycles. The number of nitrogens with one attached hydrogen (secondary N) is 3. The third-order valence-electron chi connectivity index (χ3n) is 3.45. The zero-order chi connectivity index (χ0) is 21.6. The minimum absolute atomic E-state index is 0.0362. The predicted octanol–water partition coefficient (Wildman–Crippen LogP) is 4.32. The van der Waals surface area contributed by atoms with Crippen LogP contribution in [0.3, 0.4) is 0 Å². The maximum absolute atomic E-state index is 13.2. The fourth-order valence-electron chi connectivity index (χ4n) is 2.31. The summed E-state index contributed by atoms with van der Waals surface area (Å²) in [5, 5.41) is 7.05. The van der Waals surface area contributed by atoms with Crippen molar-refractivity contribution in [3.8, 4) is 5.75 Å². The highest BCUT2D eigenvalue weighted by atomic mass is 19.4. The molecule has 3 N–H and O–H groups in total. The van der Waals surface area contributed by atoms with Crippen molar-refractivity contribution in [1.82, 2.24) is 0 Å². The van der Waals surface area contributed by atoms with Gasteiger partial charge < -0.3 is 20.7 Å². The van der Waals surface area contributed by atoms with E-state index in [2.05, 4.69) is 20.7 Å². The highest BCUT2D eigenvalue weighted by Crippen LogP contribution is 2.36. The first kappa shape index (κ1) is 21.9. The Labute approximate surface area is 162 Å². The van der Waals surface area contributed by atoms with Gasteiger partial charge in [0.05, 0.1) is 12.1 Å². The van der Waals surface area contributed by atoms with Gasteiger partial charge >= 0.3 is 12.8 Å². The molecule has 0 aromatic heterocycles. The molecule has 0 saturated heterocycles. The average Bonchev–Trinajstić information content (AvgIpc) is 2.60. The van der Waals surface area contributed by atoms with E-state index in [0.717, 1.165) is 19.1 Å². The number of anilines is 3. The van der Waals surface area contributed by atoms with Crippen LogP contribution in [0.25, 0.3) is 0 Å². The number of rotatable bonds is 7. The second-order valence-corrected chi connectivity index (χ2v) is 5.74. The molecule has 156 valence electrons. The standard InChI is InChI=1S/C18H16F5N3O3/c1-10(27)25-12-4-7-15(14(8-12)18(21,22)23)24-9-16(28)26-11-2-5-13(6-3-11)29-17(19)20/h2-8,17,24H,9H2,1H3,(H,25,27)(H,26,28). The Kier molecular flexibility index (Phi) is 6.97. The molecule has 2 amide bonds. The van der Waals surface area contributed by atoms with Crippen LogP contribution in [0.5, 0.6) is 5.75 Å². The highest BCUT2D eigenvalue weighted by molar-refractivity contribution is 5.94. The van der Waals surface area contributed by atoms with Crippen molar-refractivity contribution in [1.29, 1.82) is 0 Å². The highest BCUT2D eigenvalue weighted by Gasteiger charge is 2.34. The van der Waals surface area contributed by atoms with Crippen LogP contribution < -0.4 is 20.7 Å². The minimum Gasteiger partial charge on any atom is -0.435 e. The van der Waals surface area contributed by atoms with Gasteiger partial charge in [0.1, 0.15) is 5.75 Å². The molecule has 0 spiro atoms. The van der Waals surface area contributed by atoms with E-state index in [1.54, 1.807) is 0 Å². The van der Waals surface area contributed by atoms with Gasteiger partial charge in [-0.3, -0.25) is 9.59 Å². The van der Waals surface area contributed by atoms with Crippen LogP contribution in [0.15, 0.2) is 42.5 Å². The van der Waals surface area contributed by atoms with Crippen molar-refractivity contribution < 1.29 is 36.3 Å². The number of carbonyl (C=O) groups excluding carboxylic acids is 2. The van der Waals surface area contributed by atoms with Gasteiger partial charge in [0.25, 0.3) is 0 Å². The number of hydrogen-bond acceptors (Lipinski definition) is 4. The topological polar surface area (TPSA) is 79.5 Å². The van der Waals surface area contributed by atoms with E-state index >= 15 is 0 Å². The molecular weight excluding hydrogens is 401 g/mol. The molecule has 0 aliphatic heterocycles. The van der Waals surface area contributed by atoms with E-state index in [0.29, 0.717) is 0 Å². The summed E-state index contributed by atoms with van der Waals surface area (Å²) in [6, 6.07) is 8.13. The molecule has 0 aliphatic carbocycles. The summed E-state index contributed by atoms with van der Waals surface area (Å²) in [7, 11) is 0. The first-order chi connectivity index (χ1) is 13.5. The van der Waals surface area contributed by atoms with Crippen LogP contribution in [0.4, 0.5) is 39.0 Å². The number of halogens is 5. The Morgan fingerprint density at radius 1 is 1.00 bits per heavy atom. The minimum atomic E-state index is -4.71. The van der Waals surface area contributed by atoms with E-state index in [9.17, 15) is 31.5 Å². The van der Waals surface area contributed by atoms with E-state index in [-0.39, 0.29) is 22.8 Å². The number of benzene rings is 2. The molecule has 0 aliphatic rings. The largest absolute Gasteiger partial charge is 0.435 e.